The Morgan fingerprint density at radius 2 is 0.738 bits per heavy atom. The summed E-state index contributed by atoms with van der Waals surface area (Å²) in [6.07, 6.45) is 0. The highest BCUT2D eigenvalue weighted by Crippen LogP contribution is 2.61. The minimum absolute atomic E-state index is 0.192. The predicted molar refractivity (Wildman–Crippen MR) is 352 cm³/mol. The Morgan fingerprint density at radius 3 is 1.40 bits per heavy atom. The second-order valence-corrected chi connectivity index (χ2v) is 23.2. The summed E-state index contributed by atoms with van der Waals surface area (Å²) in [6.45, 7) is 4.76. The van der Waals surface area contributed by atoms with Gasteiger partial charge in [0.15, 0.2) is 0 Å². The summed E-state index contributed by atoms with van der Waals surface area (Å²) < 4.78 is 2.41. The molecular weight excluding hydrogens is 1010 g/mol. The summed E-state index contributed by atoms with van der Waals surface area (Å²) in [5, 5.41) is 2.46. The highest BCUT2D eigenvalue weighted by molar-refractivity contribution is 6.11. The molecule has 84 heavy (non-hydrogen) atoms. The number of rotatable bonds is 10. The fourth-order valence-electron chi connectivity index (χ4n) is 14.4. The van der Waals surface area contributed by atoms with E-state index in [-0.39, 0.29) is 5.41 Å². The lowest BCUT2D eigenvalue weighted by Crippen LogP contribution is -2.29. The van der Waals surface area contributed by atoms with Gasteiger partial charge in [-0.2, -0.15) is 0 Å². The molecule has 1 heterocycles. The molecule has 14 aromatic rings. The van der Waals surface area contributed by atoms with E-state index in [0.717, 1.165) is 22.7 Å². The Kier molecular flexibility index (Phi) is 11.5. The third kappa shape index (κ3) is 7.71. The fourth-order valence-corrected chi connectivity index (χ4v) is 14.4. The maximum absolute atomic E-state index is 2.54. The molecule has 2 aliphatic carbocycles. The van der Waals surface area contributed by atoms with Gasteiger partial charge in [0.1, 0.15) is 0 Å². The molecule has 1 aromatic heterocycles. The molecule has 0 amide bonds. The molecule has 13 aromatic carbocycles. The second-order valence-electron chi connectivity index (χ2n) is 23.2. The summed E-state index contributed by atoms with van der Waals surface area (Å²) in [7, 11) is 0. The largest absolute Gasteiger partial charge is 0.310 e. The number of benzene rings is 13. The number of aromatic nitrogens is 1. The Morgan fingerprint density at radius 1 is 0.274 bits per heavy atom. The van der Waals surface area contributed by atoms with E-state index < -0.39 is 5.41 Å². The summed E-state index contributed by atoms with van der Waals surface area (Å²) in [5.41, 5.74) is 28.0. The number of hydrogen-bond acceptors (Lipinski definition) is 1. The quantitative estimate of drug-likeness (QED) is 0.133. The van der Waals surface area contributed by atoms with Crippen LogP contribution in [0.15, 0.2) is 315 Å². The monoisotopic (exact) mass is 1070 g/mol. The molecule has 2 aliphatic rings. The number of anilines is 3. The molecule has 0 atom stereocenters. The van der Waals surface area contributed by atoms with Crippen LogP contribution in [-0.2, 0) is 10.8 Å². The molecule has 16 rings (SSSR count). The van der Waals surface area contributed by atoms with Crippen LogP contribution in [0.1, 0.15) is 47.2 Å². The molecule has 0 bridgehead atoms. The van der Waals surface area contributed by atoms with E-state index in [4.69, 9.17) is 0 Å². The van der Waals surface area contributed by atoms with Crippen LogP contribution >= 0.6 is 0 Å². The first kappa shape index (κ1) is 49.3. The van der Waals surface area contributed by atoms with Gasteiger partial charge in [0.2, 0.25) is 0 Å². The van der Waals surface area contributed by atoms with E-state index in [2.05, 4.69) is 339 Å². The van der Waals surface area contributed by atoms with E-state index in [1.54, 1.807) is 0 Å². The first-order chi connectivity index (χ1) is 41.4. The van der Waals surface area contributed by atoms with Crippen molar-refractivity contribution < 1.29 is 0 Å². The molecule has 0 saturated heterocycles. The van der Waals surface area contributed by atoms with Crippen LogP contribution < -0.4 is 4.90 Å². The van der Waals surface area contributed by atoms with Crippen molar-refractivity contribution in [1.29, 1.82) is 0 Å². The smallest absolute Gasteiger partial charge is 0.0714 e. The SMILES string of the molecule is CC1(C)c2ccccc2-c2ccc(N(c3ccc(-c4ccccc4)cc3)c3ccc4c(c3)C(c3cccc(-c5ccccc5)c3)(c3cccc(-c5ccccc5)c3)c3cccc(-c5ccc6c(c5)c5ccccc5n6-c5ccccc5)c3-4)cc21. The minimum Gasteiger partial charge on any atom is -0.310 e. The van der Waals surface area contributed by atoms with Crippen molar-refractivity contribution in [2.24, 2.45) is 0 Å². The third-order valence-corrected chi connectivity index (χ3v) is 18.3. The van der Waals surface area contributed by atoms with E-state index >= 15 is 0 Å². The zero-order valence-electron chi connectivity index (χ0n) is 46.9. The van der Waals surface area contributed by atoms with Gasteiger partial charge in [-0.15, -0.1) is 0 Å². The van der Waals surface area contributed by atoms with Crippen LogP contribution in [0.5, 0.6) is 0 Å². The molecule has 0 aliphatic heterocycles. The molecule has 0 radical (unpaired) electrons. The van der Waals surface area contributed by atoms with Gasteiger partial charge in [-0.25, -0.2) is 0 Å². The summed E-state index contributed by atoms with van der Waals surface area (Å²) in [6, 6.07) is 118. The average molecular weight is 1070 g/mol. The normalized spacial score (nSPS) is 13.3. The van der Waals surface area contributed by atoms with Crippen LogP contribution in [0.4, 0.5) is 17.1 Å². The van der Waals surface area contributed by atoms with E-state index in [1.807, 2.05) is 0 Å². The standard InChI is InChI=1S/C82H58N2/c1-81(2)74-37-17-15-34-69(74)70-47-45-66(53-76(70)81)83(65-43-40-58(41-44-65)55-22-7-3-8-23-55)67-46-48-72-77(54-67)82(62-30-19-28-59(50-62)56-24-9-4-10-25-56,63-31-20-29-60(51-63)57-26-11-5-12-27-57)75-38-21-36-68(80(72)75)61-42-49-79-73(52-61)71-35-16-18-39-78(71)84(79)64-32-13-6-14-33-64/h3-54H,1-2H3. The van der Waals surface area contributed by atoms with E-state index in [1.165, 1.54) is 122 Å². The highest BCUT2D eigenvalue weighted by Gasteiger charge is 2.48. The van der Waals surface area contributed by atoms with Crippen LogP contribution in [0, 0.1) is 0 Å². The fraction of sp³-hybridized carbons (Fsp3) is 0.0488. The zero-order chi connectivity index (χ0) is 55.9. The number of hydrogen-bond donors (Lipinski definition) is 0. The number of nitrogens with zero attached hydrogens (tertiary/aromatic N) is 2. The van der Waals surface area contributed by atoms with Crippen LogP contribution in [-0.4, -0.2) is 4.57 Å². The summed E-state index contributed by atoms with van der Waals surface area (Å²) >= 11 is 0. The van der Waals surface area contributed by atoms with Gasteiger partial charge in [-0.3, -0.25) is 0 Å². The molecule has 0 fully saturated rings. The first-order valence-corrected chi connectivity index (χ1v) is 29.3. The van der Waals surface area contributed by atoms with Crippen LogP contribution in [0.2, 0.25) is 0 Å². The van der Waals surface area contributed by atoms with Gasteiger partial charge in [-0.1, -0.05) is 250 Å². The predicted octanol–water partition coefficient (Wildman–Crippen LogP) is 21.6. The van der Waals surface area contributed by atoms with Gasteiger partial charge < -0.3 is 9.47 Å². The van der Waals surface area contributed by atoms with Crippen molar-refractivity contribution in [2.45, 2.75) is 24.7 Å². The highest BCUT2D eigenvalue weighted by atomic mass is 15.1. The second kappa shape index (κ2) is 19.6. The summed E-state index contributed by atoms with van der Waals surface area (Å²) in [5.74, 6) is 0. The van der Waals surface area contributed by atoms with Gasteiger partial charge in [-0.05, 0) is 179 Å². The van der Waals surface area contributed by atoms with E-state index in [0.29, 0.717) is 0 Å². The lowest BCUT2D eigenvalue weighted by atomic mass is 9.66. The first-order valence-electron chi connectivity index (χ1n) is 29.3. The molecule has 0 spiro atoms. The molecule has 0 saturated carbocycles. The van der Waals surface area contributed by atoms with Gasteiger partial charge >= 0.3 is 0 Å². The topological polar surface area (TPSA) is 8.17 Å². The molecule has 2 heteroatoms. The Balaban J connectivity index is 0.981. The van der Waals surface area contributed by atoms with Crippen molar-refractivity contribution in [2.75, 3.05) is 4.90 Å². The van der Waals surface area contributed by atoms with Crippen molar-refractivity contribution in [3.8, 4) is 72.4 Å². The maximum atomic E-state index is 2.54. The molecule has 396 valence electrons. The Labute approximate surface area is 491 Å². The van der Waals surface area contributed by atoms with Crippen molar-refractivity contribution in [1.82, 2.24) is 4.57 Å². The Hall–Kier alpha value is -10.5. The van der Waals surface area contributed by atoms with E-state index in [9.17, 15) is 0 Å². The molecule has 0 N–H and O–H groups in total. The number of fused-ring (bicyclic) bond motifs is 9. The van der Waals surface area contributed by atoms with Gasteiger partial charge in [0.25, 0.3) is 0 Å². The lowest BCUT2D eigenvalue weighted by Gasteiger charge is -2.35. The van der Waals surface area contributed by atoms with Gasteiger partial charge in [0.05, 0.1) is 16.4 Å². The maximum Gasteiger partial charge on any atom is 0.0714 e. The average Bonchev–Trinajstić information content (AvgIpc) is 1.80. The molecule has 2 nitrogen and oxygen atoms in total. The van der Waals surface area contributed by atoms with Gasteiger partial charge in [0, 0.05) is 38.9 Å². The Bertz CT molecular complexity index is 4760. The van der Waals surface area contributed by atoms with Crippen LogP contribution in [0.3, 0.4) is 0 Å². The summed E-state index contributed by atoms with van der Waals surface area (Å²) in [4.78, 5) is 2.50. The molecular formula is C82H58N2. The van der Waals surface area contributed by atoms with Crippen molar-refractivity contribution >= 4 is 38.9 Å². The number of para-hydroxylation sites is 2. The third-order valence-electron chi connectivity index (χ3n) is 18.3. The zero-order valence-corrected chi connectivity index (χ0v) is 46.9. The minimum atomic E-state index is -0.788. The lowest BCUT2D eigenvalue weighted by molar-refractivity contribution is 0.660. The molecule has 0 unspecified atom stereocenters. The van der Waals surface area contributed by atoms with Crippen LogP contribution in [0.25, 0.3) is 94.3 Å². The van der Waals surface area contributed by atoms with Crippen molar-refractivity contribution in [3.63, 3.8) is 0 Å². The van der Waals surface area contributed by atoms with Crippen molar-refractivity contribution in [3.05, 3.63) is 349 Å².